The van der Waals surface area contributed by atoms with Gasteiger partial charge in [0.1, 0.15) is 0 Å². The zero-order valence-electron chi connectivity index (χ0n) is 13.4. The number of benzene rings is 1. The second-order valence-electron chi connectivity index (χ2n) is 6.43. The van der Waals surface area contributed by atoms with Crippen LogP contribution in [0.3, 0.4) is 0 Å². The molecule has 1 aromatic carbocycles. The molecule has 2 rings (SSSR count). The second kappa shape index (κ2) is 6.25. The zero-order chi connectivity index (χ0) is 14.8. The van der Waals surface area contributed by atoms with Gasteiger partial charge in [0.25, 0.3) is 0 Å². The number of rotatable bonds is 5. The van der Waals surface area contributed by atoms with Gasteiger partial charge in [-0.2, -0.15) is 0 Å². The molecule has 0 aromatic heterocycles. The number of hydrogen-bond acceptors (Lipinski definition) is 3. The van der Waals surface area contributed by atoms with Crippen LogP contribution in [0.5, 0.6) is 0 Å². The summed E-state index contributed by atoms with van der Waals surface area (Å²) in [6.45, 7) is 5.40. The molecule has 0 spiro atoms. The normalized spacial score (nSPS) is 20.8. The first kappa shape index (κ1) is 15.5. The van der Waals surface area contributed by atoms with Crippen LogP contribution in [-0.4, -0.2) is 44.2 Å². The second-order valence-corrected chi connectivity index (χ2v) is 6.43. The third-order valence-electron chi connectivity index (χ3n) is 4.90. The van der Waals surface area contributed by atoms with Crippen molar-refractivity contribution in [2.45, 2.75) is 44.4 Å². The molecule has 1 aliphatic rings. The minimum absolute atomic E-state index is 0.0878. The fraction of sp³-hybridized carbons (Fsp3) is 0.647. The first-order chi connectivity index (χ1) is 9.46. The zero-order valence-corrected chi connectivity index (χ0v) is 13.4. The Morgan fingerprint density at radius 2 is 2.05 bits per heavy atom. The van der Waals surface area contributed by atoms with Crippen molar-refractivity contribution < 1.29 is 4.74 Å². The van der Waals surface area contributed by atoms with Gasteiger partial charge in [-0.3, -0.25) is 0 Å². The van der Waals surface area contributed by atoms with Crippen molar-refractivity contribution in [3.8, 4) is 0 Å². The van der Waals surface area contributed by atoms with E-state index in [1.165, 1.54) is 11.1 Å². The average molecular weight is 276 g/mol. The number of fused-ring (bicyclic) bond motifs is 1. The summed E-state index contributed by atoms with van der Waals surface area (Å²) in [4.78, 5) is 2.28. The summed E-state index contributed by atoms with van der Waals surface area (Å²) in [5, 5.41) is 3.48. The van der Waals surface area contributed by atoms with Crippen molar-refractivity contribution in [2.75, 3.05) is 27.7 Å². The highest BCUT2D eigenvalue weighted by atomic mass is 16.5. The van der Waals surface area contributed by atoms with E-state index in [9.17, 15) is 0 Å². The van der Waals surface area contributed by atoms with Gasteiger partial charge < -0.3 is 15.0 Å². The average Bonchev–Trinajstić information content (AvgIpc) is 2.44. The largest absolute Gasteiger partial charge is 0.373 e. The van der Waals surface area contributed by atoms with E-state index in [0.717, 1.165) is 19.4 Å². The van der Waals surface area contributed by atoms with Crippen molar-refractivity contribution in [3.63, 3.8) is 0 Å². The highest BCUT2D eigenvalue weighted by Crippen LogP contribution is 2.33. The summed E-state index contributed by atoms with van der Waals surface area (Å²) >= 11 is 0. The lowest BCUT2D eigenvalue weighted by Crippen LogP contribution is -2.55. The van der Waals surface area contributed by atoms with E-state index < -0.39 is 0 Å². The molecule has 0 fully saturated rings. The highest BCUT2D eigenvalue weighted by Gasteiger charge is 2.34. The predicted octanol–water partition coefficient (Wildman–Crippen LogP) is 2.62. The van der Waals surface area contributed by atoms with E-state index in [4.69, 9.17) is 4.74 Å². The van der Waals surface area contributed by atoms with E-state index in [-0.39, 0.29) is 11.6 Å². The Morgan fingerprint density at radius 1 is 1.35 bits per heavy atom. The van der Waals surface area contributed by atoms with Crippen LogP contribution in [-0.2, 0) is 11.2 Å². The van der Waals surface area contributed by atoms with Crippen molar-refractivity contribution in [2.24, 2.45) is 0 Å². The van der Waals surface area contributed by atoms with Crippen LogP contribution in [0.2, 0.25) is 0 Å². The summed E-state index contributed by atoms with van der Waals surface area (Å²) in [5.41, 5.74) is 2.90. The Balaban J connectivity index is 2.17. The van der Waals surface area contributed by atoms with Gasteiger partial charge in [-0.25, -0.2) is 0 Å². The van der Waals surface area contributed by atoms with Gasteiger partial charge in [-0.15, -0.1) is 0 Å². The van der Waals surface area contributed by atoms with E-state index in [1.54, 1.807) is 0 Å². The maximum atomic E-state index is 6.05. The van der Waals surface area contributed by atoms with Crippen LogP contribution in [0, 0.1) is 0 Å². The van der Waals surface area contributed by atoms with Crippen LogP contribution in [0.25, 0.3) is 0 Å². The fourth-order valence-corrected chi connectivity index (χ4v) is 2.96. The summed E-state index contributed by atoms with van der Waals surface area (Å²) in [6.07, 6.45) is 2.24. The number of nitrogens with one attached hydrogen (secondary N) is 1. The molecule has 2 unspecified atom stereocenters. The van der Waals surface area contributed by atoms with E-state index in [0.29, 0.717) is 6.04 Å². The van der Waals surface area contributed by atoms with Crippen LogP contribution in [0.4, 0.5) is 0 Å². The molecular formula is C17H28N2O. The molecule has 1 heterocycles. The molecule has 3 heteroatoms. The minimum Gasteiger partial charge on any atom is -0.373 e. The van der Waals surface area contributed by atoms with Crippen molar-refractivity contribution in [1.82, 2.24) is 10.2 Å². The third kappa shape index (κ3) is 3.05. The summed E-state index contributed by atoms with van der Waals surface area (Å²) in [6, 6.07) is 9.07. The number of hydrogen-bond donors (Lipinski definition) is 1. The first-order valence-electron chi connectivity index (χ1n) is 7.51. The minimum atomic E-state index is 0.0878. The lowest BCUT2D eigenvalue weighted by molar-refractivity contribution is 0.0128. The SMILES string of the molecule is CNC(CC1OCCc2ccccc21)C(C)(C)N(C)C. The smallest absolute Gasteiger partial charge is 0.0843 e. The lowest BCUT2D eigenvalue weighted by atomic mass is 9.85. The Labute approximate surface area is 123 Å². The van der Waals surface area contributed by atoms with Gasteiger partial charge in [0.05, 0.1) is 12.7 Å². The molecule has 0 saturated carbocycles. The third-order valence-corrected chi connectivity index (χ3v) is 4.90. The molecule has 0 bridgehead atoms. The Kier molecular flexibility index (Phi) is 4.84. The Bertz CT molecular complexity index is 442. The van der Waals surface area contributed by atoms with Crippen molar-refractivity contribution in [1.29, 1.82) is 0 Å². The molecule has 0 aliphatic carbocycles. The van der Waals surface area contributed by atoms with Crippen LogP contribution < -0.4 is 5.32 Å². The van der Waals surface area contributed by atoms with Crippen molar-refractivity contribution >= 4 is 0 Å². The van der Waals surface area contributed by atoms with Gasteiger partial charge in [0.15, 0.2) is 0 Å². The topological polar surface area (TPSA) is 24.5 Å². The quantitative estimate of drug-likeness (QED) is 0.895. The summed E-state index contributed by atoms with van der Waals surface area (Å²) < 4.78 is 6.05. The van der Waals surface area contributed by atoms with Gasteiger partial charge in [-0.1, -0.05) is 24.3 Å². The molecule has 0 saturated heterocycles. The molecule has 1 N–H and O–H groups in total. The van der Waals surface area contributed by atoms with E-state index >= 15 is 0 Å². The molecule has 112 valence electrons. The molecule has 0 radical (unpaired) electrons. The number of likely N-dealkylation sites (N-methyl/N-ethyl adjacent to an activating group) is 2. The van der Waals surface area contributed by atoms with Crippen LogP contribution in [0.15, 0.2) is 24.3 Å². The molecular weight excluding hydrogens is 248 g/mol. The summed E-state index contributed by atoms with van der Waals surface area (Å²) in [5.74, 6) is 0. The summed E-state index contributed by atoms with van der Waals surface area (Å²) in [7, 11) is 6.32. The predicted molar refractivity (Wildman–Crippen MR) is 84.1 cm³/mol. The lowest BCUT2D eigenvalue weighted by Gasteiger charge is -2.42. The van der Waals surface area contributed by atoms with Gasteiger partial charge in [0.2, 0.25) is 0 Å². The van der Waals surface area contributed by atoms with Crippen LogP contribution in [0.1, 0.15) is 37.5 Å². The fourth-order valence-electron chi connectivity index (χ4n) is 2.96. The van der Waals surface area contributed by atoms with Gasteiger partial charge in [-0.05, 0) is 59.0 Å². The maximum absolute atomic E-state index is 6.05. The number of ether oxygens (including phenoxy) is 1. The molecule has 3 nitrogen and oxygen atoms in total. The number of nitrogens with zero attached hydrogens (tertiary/aromatic N) is 1. The maximum Gasteiger partial charge on any atom is 0.0843 e. The molecule has 1 aromatic rings. The molecule has 2 atom stereocenters. The highest BCUT2D eigenvalue weighted by molar-refractivity contribution is 5.31. The standard InChI is InChI=1S/C17H28N2O/c1-17(2,19(4)5)16(18-3)12-15-14-9-7-6-8-13(14)10-11-20-15/h6-9,15-16,18H,10-12H2,1-5H3. The molecule has 1 aliphatic heterocycles. The first-order valence-corrected chi connectivity index (χ1v) is 7.51. The molecule has 0 amide bonds. The van der Waals surface area contributed by atoms with E-state index in [2.05, 4.69) is 62.4 Å². The van der Waals surface area contributed by atoms with E-state index in [1.807, 2.05) is 7.05 Å². The Hall–Kier alpha value is -0.900. The van der Waals surface area contributed by atoms with Gasteiger partial charge >= 0.3 is 0 Å². The Morgan fingerprint density at radius 3 is 2.70 bits per heavy atom. The van der Waals surface area contributed by atoms with Gasteiger partial charge in [0, 0.05) is 11.6 Å². The molecule has 20 heavy (non-hydrogen) atoms. The van der Waals surface area contributed by atoms with Crippen LogP contribution >= 0.6 is 0 Å². The van der Waals surface area contributed by atoms with Crippen molar-refractivity contribution in [3.05, 3.63) is 35.4 Å². The monoisotopic (exact) mass is 276 g/mol.